The van der Waals surface area contributed by atoms with Crippen molar-refractivity contribution in [2.24, 2.45) is 0 Å². The van der Waals surface area contributed by atoms with E-state index in [1.54, 1.807) is 6.07 Å². The van der Waals surface area contributed by atoms with Crippen LogP contribution in [0.15, 0.2) is 0 Å². The van der Waals surface area contributed by atoms with Gasteiger partial charge in [0.25, 0.3) is 0 Å². The van der Waals surface area contributed by atoms with Crippen LogP contribution in [0.5, 0.6) is 0 Å². The molecule has 0 spiro atoms. The first kappa shape index (κ1) is 14.9. The normalized spacial score (nSPS) is 13.2. The van der Waals surface area contributed by atoms with Crippen LogP contribution in [0.4, 0.5) is 0 Å². The number of amides is 1. The third kappa shape index (κ3) is 6.11. The number of rotatable bonds is 7. The highest BCUT2D eigenvalue weighted by atomic mass is 16.4. The van der Waals surface area contributed by atoms with Crippen molar-refractivity contribution in [3.8, 4) is 6.07 Å². The second-order valence-corrected chi connectivity index (χ2v) is 3.36. The molecule has 0 aromatic heterocycles. The molecule has 0 unspecified atom stereocenters. The van der Waals surface area contributed by atoms with Crippen molar-refractivity contribution >= 4 is 17.8 Å². The van der Waals surface area contributed by atoms with Gasteiger partial charge in [0.05, 0.1) is 30.5 Å². The molecule has 0 aromatic rings. The van der Waals surface area contributed by atoms with E-state index in [-0.39, 0.29) is 12.8 Å². The maximum atomic E-state index is 11.2. The zero-order chi connectivity index (χ0) is 13.4. The summed E-state index contributed by atoms with van der Waals surface area (Å²) in [5.41, 5.74) is 3.24. The van der Waals surface area contributed by atoms with Gasteiger partial charge < -0.3 is 30.9 Å². The Hall–Kier alpha value is -2.14. The van der Waals surface area contributed by atoms with E-state index in [0.29, 0.717) is 0 Å². The third-order valence-corrected chi connectivity index (χ3v) is 1.97. The standard InChI is InChI=1S/C9H13N3O5/c10-4-3-6(9(16)17)12-7(13)2-1-5(11)8(14)15/h5-6H,1-3,11H2,(H,12,13)(H,14,15)(H,16,17)/p-1/t5-,6-/m0/s1. The number of hydrogen-bond donors (Lipinski definition) is 2. The van der Waals surface area contributed by atoms with Crippen LogP contribution in [0, 0.1) is 11.3 Å². The van der Waals surface area contributed by atoms with E-state index in [4.69, 9.17) is 5.26 Å². The Bertz CT molecular complexity index is 349. The van der Waals surface area contributed by atoms with Crippen LogP contribution in [0.25, 0.3) is 0 Å². The van der Waals surface area contributed by atoms with Gasteiger partial charge in [-0.05, 0) is 0 Å². The Morgan fingerprint density at radius 3 is 2.29 bits per heavy atom. The smallest absolute Gasteiger partial charge is 0.220 e. The summed E-state index contributed by atoms with van der Waals surface area (Å²) in [6, 6.07) is -0.848. The lowest BCUT2D eigenvalue weighted by Gasteiger charge is -2.17. The number of carboxylic acid groups (broad SMARTS) is 2. The Morgan fingerprint density at radius 2 is 1.88 bits per heavy atom. The number of carbonyl (C=O) groups excluding carboxylic acids is 3. The fraction of sp³-hybridized carbons (Fsp3) is 0.556. The van der Waals surface area contributed by atoms with Crippen LogP contribution in [-0.4, -0.2) is 29.9 Å². The summed E-state index contributed by atoms with van der Waals surface area (Å²) in [4.78, 5) is 32.0. The van der Waals surface area contributed by atoms with Crippen LogP contribution in [0.1, 0.15) is 19.3 Å². The molecular formula is C9H12N3O5-. The van der Waals surface area contributed by atoms with E-state index in [2.05, 4.69) is 5.73 Å². The lowest BCUT2D eigenvalue weighted by Crippen LogP contribution is -2.68. The number of nitrogens with zero attached hydrogens (tertiary/aromatic N) is 1. The van der Waals surface area contributed by atoms with Gasteiger partial charge in [-0.3, -0.25) is 4.79 Å². The summed E-state index contributed by atoms with van der Waals surface area (Å²) in [5.74, 6) is -3.62. The van der Waals surface area contributed by atoms with E-state index in [9.17, 15) is 24.6 Å². The Morgan fingerprint density at radius 1 is 1.29 bits per heavy atom. The van der Waals surface area contributed by atoms with E-state index in [1.807, 2.05) is 5.32 Å². The van der Waals surface area contributed by atoms with Crippen molar-refractivity contribution in [2.45, 2.75) is 31.3 Å². The summed E-state index contributed by atoms with van der Waals surface area (Å²) in [5, 5.41) is 31.1. The molecule has 8 heteroatoms. The molecule has 0 aliphatic rings. The topological polar surface area (TPSA) is 161 Å². The molecule has 94 valence electrons. The zero-order valence-corrected chi connectivity index (χ0v) is 8.97. The van der Waals surface area contributed by atoms with Gasteiger partial charge in [-0.1, -0.05) is 0 Å². The quantitative estimate of drug-likeness (QED) is 0.455. The first-order chi connectivity index (χ1) is 7.88. The summed E-state index contributed by atoms with van der Waals surface area (Å²) < 4.78 is 0. The molecule has 0 aliphatic carbocycles. The molecule has 0 heterocycles. The van der Waals surface area contributed by atoms with Gasteiger partial charge in [-0.15, -0.1) is 0 Å². The molecule has 2 atom stereocenters. The van der Waals surface area contributed by atoms with Crippen molar-refractivity contribution < 1.29 is 30.3 Å². The molecule has 1 amide bonds. The first-order valence-corrected chi connectivity index (χ1v) is 4.79. The molecule has 8 nitrogen and oxygen atoms in total. The highest BCUT2D eigenvalue weighted by Crippen LogP contribution is 1.95. The van der Waals surface area contributed by atoms with Crippen LogP contribution >= 0.6 is 0 Å². The summed E-state index contributed by atoms with van der Waals surface area (Å²) in [7, 11) is 0. The largest absolute Gasteiger partial charge is 0.548 e. The number of quaternary nitrogens is 1. The molecule has 0 bridgehead atoms. The van der Waals surface area contributed by atoms with Crippen molar-refractivity contribution in [3.63, 3.8) is 0 Å². The van der Waals surface area contributed by atoms with Gasteiger partial charge in [0, 0.05) is 12.8 Å². The minimum atomic E-state index is -1.56. The number of aliphatic carboxylic acids is 2. The first-order valence-electron chi connectivity index (χ1n) is 4.79. The average molecular weight is 242 g/mol. The Labute approximate surface area is 97.0 Å². The number of carbonyl (C=O) groups is 3. The molecule has 0 radical (unpaired) electrons. The van der Waals surface area contributed by atoms with Crippen molar-refractivity contribution in [1.29, 1.82) is 5.26 Å². The van der Waals surface area contributed by atoms with Crippen molar-refractivity contribution in [1.82, 2.24) is 5.32 Å². The SMILES string of the molecule is N#CC[C@H](NC(=O)CC[C@H]([NH3+])C(=O)[O-])C(=O)[O-]. The predicted molar refractivity (Wildman–Crippen MR) is 48.1 cm³/mol. The lowest BCUT2D eigenvalue weighted by atomic mass is 10.1. The van der Waals surface area contributed by atoms with Gasteiger partial charge in [0.2, 0.25) is 5.91 Å². The minimum absolute atomic E-state index is 0.0690. The van der Waals surface area contributed by atoms with Gasteiger partial charge in [0.15, 0.2) is 0 Å². The molecule has 0 rings (SSSR count). The number of nitriles is 1. The zero-order valence-electron chi connectivity index (χ0n) is 8.97. The monoisotopic (exact) mass is 242 g/mol. The predicted octanol–water partition coefficient (Wildman–Crippen LogP) is -4.72. The van der Waals surface area contributed by atoms with Gasteiger partial charge >= 0.3 is 0 Å². The fourth-order valence-corrected chi connectivity index (χ4v) is 0.974. The third-order valence-electron chi connectivity index (χ3n) is 1.97. The van der Waals surface area contributed by atoms with Crippen LogP contribution < -0.4 is 21.3 Å². The highest BCUT2D eigenvalue weighted by molar-refractivity contribution is 5.83. The number of nitrogens with one attached hydrogen (secondary N) is 1. The molecule has 0 saturated heterocycles. The van der Waals surface area contributed by atoms with Crippen molar-refractivity contribution in [2.75, 3.05) is 0 Å². The van der Waals surface area contributed by atoms with Crippen LogP contribution in [-0.2, 0) is 14.4 Å². The maximum absolute atomic E-state index is 11.2. The lowest BCUT2D eigenvalue weighted by molar-refractivity contribution is -0.438. The van der Waals surface area contributed by atoms with E-state index in [1.165, 1.54) is 0 Å². The van der Waals surface area contributed by atoms with E-state index >= 15 is 0 Å². The summed E-state index contributed by atoms with van der Waals surface area (Å²) >= 11 is 0. The van der Waals surface area contributed by atoms with Gasteiger partial charge in [-0.2, -0.15) is 5.26 Å². The molecular weight excluding hydrogens is 230 g/mol. The second kappa shape index (κ2) is 7.19. The highest BCUT2D eigenvalue weighted by Gasteiger charge is 2.15. The maximum Gasteiger partial charge on any atom is 0.220 e. The number of carboxylic acids is 2. The molecule has 0 aromatic carbocycles. The molecule has 0 aliphatic heterocycles. The number of hydrogen-bond acceptors (Lipinski definition) is 6. The molecule has 17 heavy (non-hydrogen) atoms. The van der Waals surface area contributed by atoms with Crippen molar-refractivity contribution in [3.05, 3.63) is 0 Å². The van der Waals surface area contributed by atoms with Crippen LogP contribution in [0.3, 0.4) is 0 Å². The molecule has 4 N–H and O–H groups in total. The second-order valence-electron chi connectivity index (χ2n) is 3.36. The van der Waals surface area contributed by atoms with Crippen LogP contribution in [0.2, 0.25) is 0 Å². The summed E-state index contributed by atoms with van der Waals surface area (Å²) in [6.45, 7) is 0. The molecule has 0 fully saturated rings. The fourth-order valence-electron chi connectivity index (χ4n) is 0.974. The molecule has 0 saturated carbocycles. The summed E-state index contributed by atoms with van der Waals surface area (Å²) in [6.07, 6.45) is -0.694. The van der Waals surface area contributed by atoms with E-state index < -0.39 is 36.4 Å². The Kier molecular flexibility index (Phi) is 6.28. The van der Waals surface area contributed by atoms with Gasteiger partial charge in [-0.25, -0.2) is 0 Å². The van der Waals surface area contributed by atoms with Gasteiger partial charge in [0.1, 0.15) is 6.04 Å². The Balaban J connectivity index is 4.12. The van der Waals surface area contributed by atoms with E-state index in [0.717, 1.165) is 0 Å². The average Bonchev–Trinajstić information content (AvgIpc) is 2.24. The minimum Gasteiger partial charge on any atom is -0.548 e.